The summed E-state index contributed by atoms with van der Waals surface area (Å²) in [6, 6.07) is 15.8. The number of anilines is 2. The third-order valence-electron chi connectivity index (χ3n) is 3.17. The van der Waals surface area contributed by atoms with E-state index in [1.54, 1.807) is 31.2 Å². The molecule has 0 bridgehead atoms. The van der Waals surface area contributed by atoms with E-state index < -0.39 is 12.2 Å². The number of hydrogen-bond acceptors (Lipinski definition) is 4. The van der Waals surface area contributed by atoms with E-state index in [9.17, 15) is 9.59 Å². The van der Waals surface area contributed by atoms with Crippen LogP contribution in [0.2, 0.25) is 0 Å². The second kappa shape index (κ2) is 8.57. The Bertz CT molecular complexity index is 688. The molecule has 0 unspecified atom stereocenters. The van der Waals surface area contributed by atoms with Gasteiger partial charge in [0.2, 0.25) is 0 Å². The van der Waals surface area contributed by atoms with Crippen molar-refractivity contribution >= 4 is 23.6 Å². The predicted octanol–water partition coefficient (Wildman–Crippen LogP) is 4.28. The summed E-state index contributed by atoms with van der Waals surface area (Å²) in [5.74, 6) is 0.337. The molecule has 0 saturated heterocycles. The maximum atomic E-state index is 12.4. The predicted molar refractivity (Wildman–Crippen MR) is 92.6 cm³/mol. The first-order valence-corrected chi connectivity index (χ1v) is 7.72. The fraction of sp³-hybridized carbons (Fsp3) is 0.222. The Balaban J connectivity index is 2.07. The fourth-order valence-corrected chi connectivity index (χ4v) is 2.10. The van der Waals surface area contributed by atoms with Crippen molar-refractivity contribution in [1.29, 1.82) is 0 Å². The Labute approximate surface area is 141 Å². The van der Waals surface area contributed by atoms with Gasteiger partial charge in [0.05, 0.1) is 6.61 Å². The molecule has 0 spiro atoms. The quantitative estimate of drug-likeness (QED) is 0.889. The van der Waals surface area contributed by atoms with Crippen LogP contribution < -0.4 is 15.0 Å². The van der Waals surface area contributed by atoms with Crippen LogP contribution in [0.4, 0.5) is 21.0 Å². The van der Waals surface area contributed by atoms with Gasteiger partial charge in [0.15, 0.2) is 0 Å². The summed E-state index contributed by atoms with van der Waals surface area (Å²) in [4.78, 5) is 25.3. The van der Waals surface area contributed by atoms with Crippen LogP contribution in [0.1, 0.15) is 13.8 Å². The van der Waals surface area contributed by atoms with Crippen molar-refractivity contribution in [2.24, 2.45) is 0 Å². The first-order valence-electron chi connectivity index (χ1n) is 7.72. The average molecular weight is 328 g/mol. The minimum atomic E-state index is -0.555. The first kappa shape index (κ1) is 17.3. The molecular weight excluding hydrogens is 308 g/mol. The molecule has 2 amide bonds. The Morgan fingerprint density at radius 2 is 1.79 bits per heavy atom. The zero-order chi connectivity index (χ0) is 17.4. The Morgan fingerprint density at radius 1 is 1.04 bits per heavy atom. The number of amides is 2. The second-order valence-corrected chi connectivity index (χ2v) is 4.82. The van der Waals surface area contributed by atoms with Gasteiger partial charge in [-0.2, -0.15) is 0 Å². The highest BCUT2D eigenvalue weighted by Gasteiger charge is 2.16. The highest BCUT2D eigenvalue weighted by Crippen LogP contribution is 2.20. The molecule has 0 radical (unpaired) electrons. The van der Waals surface area contributed by atoms with Gasteiger partial charge >= 0.3 is 12.2 Å². The normalized spacial score (nSPS) is 9.92. The van der Waals surface area contributed by atoms with Crippen LogP contribution in [0, 0.1) is 0 Å². The molecule has 0 aliphatic rings. The van der Waals surface area contributed by atoms with E-state index in [1.165, 1.54) is 4.90 Å². The molecule has 0 saturated carbocycles. The summed E-state index contributed by atoms with van der Waals surface area (Å²) in [6.07, 6.45) is -1.04. The topological polar surface area (TPSA) is 67.9 Å². The highest BCUT2D eigenvalue weighted by molar-refractivity contribution is 5.89. The molecule has 126 valence electrons. The van der Waals surface area contributed by atoms with E-state index in [0.29, 0.717) is 18.0 Å². The molecule has 2 aromatic rings. The second-order valence-electron chi connectivity index (χ2n) is 4.82. The van der Waals surface area contributed by atoms with Crippen LogP contribution in [0.3, 0.4) is 0 Å². The summed E-state index contributed by atoms with van der Waals surface area (Å²) in [7, 11) is 0. The largest absolute Gasteiger partial charge is 0.450 e. The lowest BCUT2D eigenvalue weighted by atomic mass is 10.3. The van der Waals surface area contributed by atoms with E-state index in [1.807, 2.05) is 37.3 Å². The number of carbonyl (C=O) groups excluding carboxylic acids is 2. The molecule has 0 aromatic heterocycles. The van der Waals surface area contributed by atoms with E-state index in [0.717, 1.165) is 5.69 Å². The summed E-state index contributed by atoms with van der Waals surface area (Å²) in [6.45, 7) is 4.35. The smallest absolute Gasteiger partial charge is 0.419 e. The van der Waals surface area contributed by atoms with Crippen LogP contribution in [0.15, 0.2) is 54.6 Å². The van der Waals surface area contributed by atoms with Gasteiger partial charge in [0.25, 0.3) is 0 Å². The molecule has 0 atom stereocenters. The van der Waals surface area contributed by atoms with E-state index in [-0.39, 0.29) is 6.61 Å². The molecular formula is C18H20N2O4. The van der Waals surface area contributed by atoms with Gasteiger partial charge in [-0.3, -0.25) is 10.2 Å². The van der Waals surface area contributed by atoms with Crippen molar-refractivity contribution in [3.8, 4) is 5.75 Å². The maximum absolute atomic E-state index is 12.4. The van der Waals surface area contributed by atoms with Gasteiger partial charge in [-0.15, -0.1) is 0 Å². The molecule has 24 heavy (non-hydrogen) atoms. The van der Waals surface area contributed by atoms with Crippen LogP contribution in [-0.2, 0) is 4.74 Å². The molecule has 6 heteroatoms. The average Bonchev–Trinajstić information content (AvgIpc) is 2.57. The molecule has 0 heterocycles. The standard InChI is InChI=1S/C18H20N2O4/c1-3-20(15-10-6-5-7-11-15)18(22)24-16-12-8-9-14(13-16)19-17(21)23-4-2/h5-13H,3-4H2,1-2H3,(H,19,21). The van der Waals surface area contributed by atoms with E-state index >= 15 is 0 Å². The van der Waals surface area contributed by atoms with Crippen LogP contribution in [-0.4, -0.2) is 25.3 Å². The van der Waals surface area contributed by atoms with Crippen molar-refractivity contribution in [3.63, 3.8) is 0 Å². The van der Waals surface area contributed by atoms with Crippen LogP contribution in [0.25, 0.3) is 0 Å². The van der Waals surface area contributed by atoms with Crippen molar-refractivity contribution in [1.82, 2.24) is 0 Å². The van der Waals surface area contributed by atoms with E-state index in [2.05, 4.69) is 5.32 Å². The lowest BCUT2D eigenvalue weighted by Crippen LogP contribution is -2.33. The number of nitrogens with zero attached hydrogens (tertiary/aromatic N) is 1. The van der Waals surface area contributed by atoms with Gasteiger partial charge in [0, 0.05) is 24.0 Å². The summed E-state index contributed by atoms with van der Waals surface area (Å²) >= 11 is 0. The SMILES string of the molecule is CCOC(=O)Nc1cccc(OC(=O)N(CC)c2ccccc2)c1. The van der Waals surface area contributed by atoms with Crippen molar-refractivity contribution in [2.75, 3.05) is 23.4 Å². The summed E-state index contributed by atoms with van der Waals surface area (Å²) < 4.78 is 10.2. The maximum Gasteiger partial charge on any atom is 0.419 e. The number of para-hydroxylation sites is 1. The van der Waals surface area contributed by atoms with Gasteiger partial charge in [-0.05, 0) is 38.1 Å². The number of ether oxygens (including phenoxy) is 2. The number of benzene rings is 2. The number of carbonyl (C=O) groups is 2. The zero-order valence-corrected chi connectivity index (χ0v) is 13.7. The van der Waals surface area contributed by atoms with Crippen molar-refractivity contribution < 1.29 is 19.1 Å². The molecule has 0 aliphatic heterocycles. The monoisotopic (exact) mass is 328 g/mol. The van der Waals surface area contributed by atoms with Crippen molar-refractivity contribution in [3.05, 3.63) is 54.6 Å². The minimum absolute atomic E-state index is 0.281. The van der Waals surface area contributed by atoms with Crippen molar-refractivity contribution in [2.45, 2.75) is 13.8 Å². The molecule has 0 fully saturated rings. The fourth-order valence-electron chi connectivity index (χ4n) is 2.10. The molecule has 0 aliphatic carbocycles. The van der Waals surface area contributed by atoms with Crippen LogP contribution in [0.5, 0.6) is 5.75 Å². The summed E-state index contributed by atoms with van der Waals surface area (Å²) in [5.41, 5.74) is 1.24. The van der Waals surface area contributed by atoms with Crippen LogP contribution >= 0.6 is 0 Å². The Kier molecular flexibility index (Phi) is 6.19. The molecule has 2 aromatic carbocycles. The van der Waals surface area contributed by atoms with E-state index in [4.69, 9.17) is 9.47 Å². The van der Waals surface area contributed by atoms with Gasteiger partial charge in [-0.1, -0.05) is 24.3 Å². The zero-order valence-electron chi connectivity index (χ0n) is 13.7. The Hall–Kier alpha value is -3.02. The van der Waals surface area contributed by atoms with Gasteiger partial charge < -0.3 is 9.47 Å². The lowest BCUT2D eigenvalue weighted by Gasteiger charge is -2.20. The molecule has 6 nitrogen and oxygen atoms in total. The number of hydrogen-bond donors (Lipinski definition) is 1. The third-order valence-corrected chi connectivity index (χ3v) is 3.17. The number of rotatable bonds is 5. The lowest BCUT2D eigenvalue weighted by molar-refractivity contribution is 0.168. The Morgan fingerprint density at radius 3 is 2.46 bits per heavy atom. The minimum Gasteiger partial charge on any atom is -0.450 e. The molecule has 1 N–H and O–H groups in total. The summed E-state index contributed by atoms with van der Waals surface area (Å²) in [5, 5.41) is 2.57. The first-order chi connectivity index (χ1) is 11.6. The van der Waals surface area contributed by atoms with Gasteiger partial charge in [0.1, 0.15) is 5.75 Å². The molecule has 2 rings (SSSR count). The highest BCUT2D eigenvalue weighted by atomic mass is 16.6. The van der Waals surface area contributed by atoms with Gasteiger partial charge in [-0.25, -0.2) is 9.59 Å². The third kappa shape index (κ3) is 4.74. The number of nitrogens with one attached hydrogen (secondary N) is 1.